The van der Waals surface area contributed by atoms with Crippen LogP contribution in [0.2, 0.25) is 0 Å². The minimum Gasteiger partial charge on any atom is -0.301 e. The van der Waals surface area contributed by atoms with Crippen LogP contribution in [-0.2, 0) is 6.54 Å². The zero-order valence-corrected chi connectivity index (χ0v) is 11.6. The van der Waals surface area contributed by atoms with Gasteiger partial charge in [0.15, 0.2) is 0 Å². The molecule has 1 saturated heterocycles. The van der Waals surface area contributed by atoms with Gasteiger partial charge in [-0.25, -0.2) is 4.98 Å². The van der Waals surface area contributed by atoms with Gasteiger partial charge >= 0.3 is 0 Å². The lowest BCUT2D eigenvalue weighted by Crippen LogP contribution is -2.20. The summed E-state index contributed by atoms with van der Waals surface area (Å²) < 4.78 is 3.14. The van der Waals surface area contributed by atoms with Crippen molar-refractivity contribution in [3.8, 4) is 0 Å². The first-order valence-corrected chi connectivity index (χ1v) is 6.89. The van der Waals surface area contributed by atoms with Crippen LogP contribution < -0.4 is 0 Å². The summed E-state index contributed by atoms with van der Waals surface area (Å²) >= 11 is 3.55. The van der Waals surface area contributed by atoms with Crippen LogP contribution in [-0.4, -0.2) is 27.4 Å². The van der Waals surface area contributed by atoms with E-state index in [2.05, 4.69) is 55.5 Å². The first-order chi connectivity index (χ1) is 8.24. The molecule has 3 heterocycles. The second-order valence-electron chi connectivity index (χ2n) is 4.76. The highest BCUT2D eigenvalue weighted by Gasteiger charge is 2.16. The fourth-order valence-electron chi connectivity index (χ4n) is 2.47. The Morgan fingerprint density at radius 3 is 2.88 bits per heavy atom. The van der Waals surface area contributed by atoms with Gasteiger partial charge in [0.25, 0.3) is 0 Å². The number of likely N-dealkylation sites (tertiary alicyclic amines) is 1. The third-order valence-electron chi connectivity index (χ3n) is 3.39. The summed E-state index contributed by atoms with van der Waals surface area (Å²) in [6.45, 7) is 5.48. The maximum absolute atomic E-state index is 4.63. The van der Waals surface area contributed by atoms with Crippen molar-refractivity contribution in [1.29, 1.82) is 0 Å². The van der Waals surface area contributed by atoms with E-state index in [4.69, 9.17) is 0 Å². The summed E-state index contributed by atoms with van der Waals surface area (Å²) in [7, 11) is 0. The average molecular weight is 294 g/mol. The molecule has 0 spiro atoms. The van der Waals surface area contributed by atoms with E-state index < -0.39 is 0 Å². The molecule has 0 unspecified atom stereocenters. The number of rotatable bonds is 2. The fraction of sp³-hybridized carbons (Fsp3) is 0.462. The first kappa shape index (κ1) is 11.2. The van der Waals surface area contributed by atoms with Crippen LogP contribution in [0.4, 0.5) is 0 Å². The number of hydrogen-bond acceptors (Lipinski definition) is 2. The van der Waals surface area contributed by atoms with Crippen molar-refractivity contribution < 1.29 is 0 Å². The first-order valence-electron chi connectivity index (χ1n) is 6.09. The molecule has 1 aliphatic rings. The Labute approximate surface area is 110 Å². The van der Waals surface area contributed by atoms with E-state index in [0.29, 0.717) is 0 Å². The molecule has 4 heteroatoms. The maximum Gasteiger partial charge on any atom is 0.132 e. The van der Waals surface area contributed by atoms with Crippen LogP contribution in [0.5, 0.6) is 0 Å². The Morgan fingerprint density at radius 2 is 2.12 bits per heavy atom. The monoisotopic (exact) mass is 293 g/mol. The van der Waals surface area contributed by atoms with Crippen LogP contribution >= 0.6 is 15.9 Å². The van der Waals surface area contributed by atoms with Gasteiger partial charge in [0.05, 0.1) is 12.1 Å². The van der Waals surface area contributed by atoms with Crippen LogP contribution in [0.3, 0.4) is 0 Å². The summed E-state index contributed by atoms with van der Waals surface area (Å²) in [4.78, 5) is 7.11. The van der Waals surface area contributed by atoms with Crippen molar-refractivity contribution in [2.75, 3.05) is 13.1 Å². The summed E-state index contributed by atoms with van der Waals surface area (Å²) in [5, 5.41) is 0. The van der Waals surface area contributed by atoms with Crippen molar-refractivity contribution in [3.63, 3.8) is 0 Å². The Balaban J connectivity index is 1.98. The Morgan fingerprint density at radius 1 is 1.35 bits per heavy atom. The number of pyridine rings is 1. The van der Waals surface area contributed by atoms with Gasteiger partial charge in [-0.3, -0.25) is 4.90 Å². The zero-order chi connectivity index (χ0) is 11.8. The molecular formula is C13H16BrN3. The van der Waals surface area contributed by atoms with E-state index in [1.165, 1.54) is 37.0 Å². The van der Waals surface area contributed by atoms with Gasteiger partial charge in [-0.05, 0) is 66.5 Å². The van der Waals surface area contributed by atoms with E-state index in [0.717, 1.165) is 17.0 Å². The van der Waals surface area contributed by atoms with Gasteiger partial charge in [-0.2, -0.15) is 0 Å². The van der Waals surface area contributed by atoms with Crippen molar-refractivity contribution in [3.05, 3.63) is 34.3 Å². The minimum atomic E-state index is 0.954. The van der Waals surface area contributed by atoms with Gasteiger partial charge in [-0.1, -0.05) is 0 Å². The van der Waals surface area contributed by atoms with Gasteiger partial charge in [0, 0.05) is 6.20 Å². The number of hydrogen-bond donors (Lipinski definition) is 0. The quantitative estimate of drug-likeness (QED) is 0.848. The van der Waals surface area contributed by atoms with Crippen LogP contribution in [0, 0.1) is 6.92 Å². The molecule has 0 radical (unpaired) electrons. The van der Waals surface area contributed by atoms with Crippen molar-refractivity contribution in [1.82, 2.24) is 14.3 Å². The molecule has 0 aromatic carbocycles. The lowest BCUT2D eigenvalue weighted by Gasteiger charge is -2.13. The molecule has 0 amide bonds. The number of halogens is 1. The van der Waals surface area contributed by atoms with E-state index >= 15 is 0 Å². The molecule has 0 N–H and O–H groups in total. The van der Waals surface area contributed by atoms with E-state index in [1.807, 2.05) is 0 Å². The highest BCUT2D eigenvalue weighted by Crippen LogP contribution is 2.21. The molecule has 3 nitrogen and oxygen atoms in total. The predicted molar refractivity (Wildman–Crippen MR) is 72.1 cm³/mol. The number of fused-ring (bicyclic) bond motifs is 1. The Kier molecular flexibility index (Phi) is 2.92. The second-order valence-corrected chi connectivity index (χ2v) is 5.51. The van der Waals surface area contributed by atoms with E-state index in [9.17, 15) is 0 Å². The third-order valence-corrected chi connectivity index (χ3v) is 3.97. The van der Waals surface area contributed by atoms with Gasteiger partial charge in [-0.15, -0.1) is 0 Å². The van der Waals surface area contributed by atoms with E-state index in [1.54, 1.807) is 0 Å². The Bertz CT molecular complexity index is 541. The molecule has 2 aromatic heterocycles. The summed E-state index contributed by atoms with van der Waals surface area (Å²) in [5.41, 5.74) is 2.44. The Hall–Kier alpha value is -0.870. The largest absolute Gasteiger partial charge is 0.301 e. The normalized spacial score (nSPS) is 17.1. The fourth-order valence-corrected chi connectivity index (χ4v) is 2.98. The second kappa shape index (κ2) is 4.42. The lowest BCUT2D eigenvalue weighted by atomic mass is 10.3. The molecule has 2 aromatic rings. The zero-order valence-electron chi connectivity index (χ0n) is 9.99. The molecule has 1 aliphatic heterocycles. The van der Waals surface area contributed by atoms with Crippen LogP contribution in [0.1, 0.15) is 24.2 Å². The average Bonchev–Trinajstić information content (AvgIpc) is 2.89. The highest BCUT2D eigenvalue weighted by atomic mass is 79.9. The molecular weight excluding hydrogens is 278 g/mol. The standard InChI is InChI=1S/C13H16BrN3/c1-10-4-7-17-11(8-10)13(14)15-12(17)9-16-5-2-3-6-16/h4,7-8H,2-3,5-6,9H2,1H3. The van der Waals surface area contributed by atoms with Crippen LogP contribution in [0.25, 0.3) is 5.52 Å². The van der Waals surface area contributed by atoms with Gasteiger partial charge in [0.1, 0.15) is 10.4 Å². The van der Waals surface area contributed by atoms with Crippen molar-refractivity contribution >= 4 is 21.4 Å². The predicted octanol–water partition coefficient (Wildman–Crippen LogP) is 3.00. The van der Waals surface area contributed by atoms with Crippen molar-refractivity contribution in [2.45, 2.75) is 26.3 Å². The van der Waals surface area contributed by atoms with Gasteiger partial charge < -0.3 is 4.40 Å². The molecule has 0 bridgehead atoms. The number of aryl methyl sites for hydroxylation is 1. The molecule has 1 fully saturated rings. The molecule has 17 heavy (non-hydrogen) atoms. The molecule has 90 valence electrons. The molecule has 0 aliphatic carbocycles. The van der Waals surface area contributed by atoms with Crippen molar-refractivity contribution in [2.24, 2.45) is 0 Å². The number of aromatic nitrogens is 2. The maximum atomic E-state index is 4.63. The molecule has 0 atom stereocenters. The summed E-state index contributed by atoms with van der Waals surface area (Å²) in [6, 6.07) is 4.30. The smallest absolute Gasteiger partial charge is 0.132 e. The van der Waals surface area contributed by atoms with Gasteiger partial charge in [0.2, 0.25) is 0 Å². The molecule has 0 saturated carbocycles. The third kappa shape index (κ3) is 2.11. The number of nitrogens with zero attached hydrogens (tertiary/aromatic N) is 3. The summed E-state index contributed by atoms with van der Waals surface area (Å²) in [6.07, 6.45) is 4.76. The van der Waals surface area contributed by atoms with Crippen LogP contribution in [0.15, 0.2) is 22.9 Å². The lowest BCUT2D eigenvalue weighted by molar-refractivity contribution is 0.322. The highest BCUT2D eigenvalue weighted by molar-refractivity contribution is 9.10. The molecule has 3 rings (SSSR count). The minimum absolute atomic E-state index is 0.954. The topological polar surface area (TPSA) is 20.5 Å². The summed E-state index contributed by atoms with van der Waals surface area (Å²) in [5.74, 6) is 1.13. The van der Waals surface area contributed by atoms with E-state index in [-0.39, 0.29) is 0 Å². The number of imidazole rings is 1. The SMILES string of the molecule is Cc1ccn2c(CN3CCCC3)nc(Br)c2c1.